The molecule has 1 aromatic rings. The number of nitrogens with zero attached hydrogens (tertiary/aromatic N) is 1. The molecule has 0 saturated carbocycles. The van der Waals surface area contributed by atoms with Gasteiger partial charge in [0.2, 0.25) is 5.91 Å². The molecule has 3 rings (SSSR count). The quantitative estimate of drug-likeness (QED) is 0.821. The third kappa shape index (κ3) is 2.45. The van der Waals surface area contributed by atoms with Crippen LogP contribution in [0.2, 0.25) is 0 Å². The van der Waals surface area contributed by atoms with E-state index in [-0.39, 0.29) is 29.4 Å². The number of carbonyl (C=O) groups excluding carboxylic acids is 2. The molecule has 1 spiro atoms. The molecule has 0 bridgehead atoms. The molecule has 5 nitrogen and oxygen atoms in total. The molecule has 1 atom stereocenters. The topological polar surface area (TPSA) is 61.4 Å². The highest BCUT2D eigenvalue weighted by atomic mass is 16.2. The van der Waals surface area contributed by atoms with Crippen molar-refractivity contribution < 1.29 is 9.59 Å². The molecule has 0 aromatic heterocycles. The van der Waals surface area contributed by atoms with Gasteiger partial charge in [-0.3, -0.25) is 4.79 Å². The molecule has 2 heterocycles. The Morgan fingerprint density at radius 2 is 1.91 bits per heavy atom. The lowest BCUT2D eigenvalue weighted by atomic mass is 9.64. The molecule has 2 N–H and O–H groups in total. The van der Waals surface area contributed by atoms with Crippen molar-refractivity contribution in [3.05, 3.63) is 35.9 Å². The fourth-order valence-corrected chi connectivity index (χ4v) is 3.48. The Hall–Kier alpha value is -2.04. The van der Waals surface area contributed by atoms with Crippen LogP contribution in [0.3, 0.4) is 0 Å². The first-order valence-corrected chi connectivity index (χ1v) is 7.94. The number of piperidine rings is 1. The van der Waals surface area contributed by atoms with Gasteiger partial charge in [-0.2, -0.15) is 0 Å². The Bertz CT molecular complexity index is 563. The number of β-lactam (4-membered cyclic amide) rings is 1. The Morgan fingerprint density at radius 1 is 1.27 bits per heavy atom. The summed E-state index contributed by atoms with van der Waals surface area (Å²) in [5.74, 6) is 0.130. The maximum atomic E-state index is 12.2. The Balaban J connectivity index is 1.68. The van der Waals surface area contributed by atoms with E-state index < -0.39 is 0 Å². The fourth-order valence-electron chi connectivity index (χ4n) is 3.48. The van der Waals surface area contributed by atoms with Crippen molar-refractivity contribution in [2.24, 2.45) is 5.41 Å². The number of rotatable bonds is 2. The standard InChI is InChI=1S/C17H23N3O2/c1-12(2)18-16(22)20-10-8-17(9-11-20)14(19-15(17)21)13-6-4-3-5-7-13/h3-7,12,14H,8-11H2,1-2H3,(H,18,22)(H,19,21)/t14-/m1/s1. The van der Waals surface area contributed by atoms with Gasteiger partial charge < -0.3 is 15.5 Å². The van der Waals surface area contributed by atoms with Crippen molar-refractivity contribution >= 4 is 11.9 Å². The van der Waals surface area contributed by atoms with Gasteiger partial charge in [0, 0.05) is 19.1 Å². The second kappa shape index (κ2) is 5.63. The minimum absolute atomic E-state index is 0.0270. The van der Waals surface area contributed by atoms with Crippen molar-refractivity contribution in [1.82, 2.24) is 15.5 Å². The Morgan fingerprint density at radius 3 is 2.45 bits per heavy atom. The third-order valence-electron chi connectivity index (χ3n) is 4.77. The van der Waals surface area contributed by atoms with Crippen LogP contribution in [-0.4, -0.2) is 36.0 Å². The molecule has 1 aromatic carbocycles. The molecule has 22 heavy (non-hydrogen) atoms. The molecule has 2 aliphatic rings. The minimum Gasteiger partial charge on any atom is -0.348 e. The number of hydrogen-bond acceptors (Lipinski definition) is 2. The number of nitrogens with one attached hydrogen (secondary N) is 2. The van der Waals surface area contributed by atoms with E-state index in [1.165, 1.54) is 0 Å². The van der Waals surface area contributed by atoms with Crippen molar-refractivity contribution in [2.75, 3.05) is 13.1 Å². The molecule has 2 fully saturated rings. The molecule has 118 valence electrons. The molecular weight excluding hydrogens is 278 g/mol. The van der Waals surface area contributed by atoms with E-state index >= 15 is 0 Å². The third-order valence-corrected chi connectivity index (χ3v) is 4.77. The van der Waals surface area contributed by atoms with Crippen LogP contribution in [0.1, 0.15) is 38.3 Å². The summed E-state index contributed by atoms with van der Waals surface area (Å²) < 4.78 is 0. The summed E-state index contributed by atoms with van der Waals surface area (Å²) in [5.41, 5.74) is 0.817. The van der Waals surface area contributed by atoms with Crippen LogP contribution in [0.4, 0.5) is 4.79 Å². The minimum atomic E-state index is -0.337. The summed E-state index contributed by atoms with van der Waals surface area (Å²) in [5, 5.41) is 5.95. The van der Waals surface area contributed by atoms with Crippen LogP contribution >= 0.6 is 0 Å². The molecule has 3 amide bonds. The highest BCUT2D eigenvalue weighted by Gasteiger charge is 2.56. The maximum Gasteiger partial charge on any atom is 0.317 e. The monoisotopic (exact) mass is 301 g/mol. The summed E-state index contributed by atoms with van der Waals surface area (Å²) in [6.07, 6.45) is 1.45. The number of hydrogen-bond donors (Lipinski definition) is 2. The van der Waals surface area contributed by atoms with Gasteiger partial charge in [0.1, 0.15) is 0 Å². The molecular formula is C17H23N3O2. The lowest BCUT2D eigenvalue weighted by molar-refractivity contribution is -0.150. The molecule has 0 aliphatic carbocycles. The van der Waals surface area contributed by atoms with Gasteiger partial charge in [-0.05, 0) is 32.3 Å². The first-order chi connectivity index (χ1) is 10.5. The Labute approximate surface area is 131 Å². The zero-order chi connectivity index (χ0) is 15.7. The first kappa shape index (κ1) is 14.9. The van der Waals surface area contributed by atoms with Gasteiger partial charge in [-0.15, -0.1) is 0 Å². The average Bonchev–Trinajstić information content (AvgIpc) is 2.52. The zero-order valence-electron chi connectivity index (χ0n) is 13.1. The van der Waals surface area contributed by atoms with Crippen molar-refractivity contribution in [3.8, 4) is 0 Å². The smallest absolute Gasteiger partial charge is 0.317 e. The summed E-state index contributed by atoms with van der Waals surface area (Å²) in [6.45, 7) is 5.17. The van der Waals surface area contributed by atoms with E-state index in [2.05, 4.69) is 22.8 Å². The number of amides is 3. The molecule has 2 aliphatic heterocycles. The van der Waals surface area contributed by atoms with E-state index in [9.17, 15) is 9.59 Å². The molecule has 0 unspecified atom stereocenters. The maximum absolute atomic E-state index is 12.2. The predicted molar refractivity (Wildman–Crippen MR) is 84.2 cm³/mol. The number of carbonyl (C=O) groups is 2. The SMILES string of the molecule is CC(C)NC(=O)N1CCC2(CC1)C(=O)N[C@@H]2c1ccccc1. The Kier molecular flexibility index (Phi) is 3.81. The van der Waals surface area contributed by atoms with E-state index in [4.69, 9.17) is 0 Å². The first-order valence-electron chi connectivity index (χ1n) is 7.94. The van der Waals surface area contributed by atoms with Gasteiger partial charge in [0.05, 0.1) is 11.5 Å². The van der Waals surface area contributed by atoms with Crippen molar-refractivity contribution in [3.63, 3.8) is 0 Å². The van der Waals surface area contributed by atoms with Crippen LogP contribution < -0.4 is 10.6 Å². The van der Waals surface area contributed by atoms with E-state index in [1.807, 2.05) is 36.9 Å². The predicted octanol–water partition coefficient (Wildman–Crippen LogP) is 2.06. The van der Waals surface area contributed by atoms with Gasteiger partial charge in [-0.25, -0.2) is 4.79 Å². The lowest BCUT2D eigenvalue weighted by Crippen LogP contribution is -2.65. The van der Waals surface area contributed by atoms with Crippen LogP contribution in [0, 0.1) is 5.41 Å². The fraction of sp³-hybridized carbons (Fsp3) is 0.529. The van der Waals surface area contributed by atoms with Crippen molar-refractivity contribution in [1.29, 1.82) is 0 Å². The highest BCUT2D eigenvalue weighted by molar-refractivity contribution is 5.91. The van der Waals surface area contributed by atoms with Crippen LogP contribution in [0.5, 0.6) is 0 Å². The number of likely N-dealkylation sites (tertiary alicyclic amines) is 1. The van der Waals surface area contributed by atoms with E-state index in [0.29, 0.717) is 13.1 Å². The normalized spacial score (nSPS) is 23.1. The summed E-state index contributed by atoms with van der Waals surface area (Å²) in [7, 11) is 0. The van der Waals surface area contributed by atoms with E-state index in [1.54, 1.807) is 0 Å². The van der Waals surface area contributed by atoms with Gasteiger partial charge in [0.15, 0.2) is 0 Å². The number of urea groups is 1. The van der Waals surface area contributed by atoms with Gasteiger partial charge in [0.25, 0.3) is 0 Å². The molecule has 0 radical (unpaired) electrons. The van der Waals surface area contributed by atoms with Crippen molar-refractivity contribution in [2.45, 2.75) is 38.8 Å². The summed E-state index contributed by atoms with van der Waals surface area (Å²) in [6, 6.07) is 10.3. The molecule has 5 heteroatoms. The summed E-state index contributed by atoms with van der Waals surface area (Å²) in [4.78, 5) is 26.1. The average molecular weight is 301 g/mol. The van der Waals surface area contributed by atoms with Gasteiger partial charge in [-0.1, -0.05) is 30.3 Å². The van der Waals surface area contributed by atoms with E-state index in [0.717, 1.165) is 18.4 Å². The van der Waals surface area contributed by atoms with Crippen LogP contribution in [0.15, 0.2) is 30.3 Å². The van der Waals surface area contributed by atoms with Crippen LogP contribution in [-0.2, 0) is 4.79 Å². The van der Waals surface area contributed by atoms with Gasteiger partial charge >= 0.3 is 6.03 Å². The summed E-state index contributed by atoms with van der Waals surface area (Å²) >= 11 is 0. The largest absolute Gasteiger partial charge is 0.348 e. The van der Waals surface area contributed by atoms with Crippen LogP contribution in [0.25, 0.3) is 0 Å². The number of benzene rings is 1. The second-order valence-corrected chi connectivity index (χ2v) is 6.56. The zero-order valence-corrected chi connectivity index (χ0v) is 13.1. The molecule has 2 saturated heterocycles. The second-order valence-electron chi connectivity index (χ2n) is 6.56. The lowest BCUT2D eigenvalue weighted by Gasteiger charge is -2.52. The highest BCUT2D eigenvalue weighted by Crippen LogP contribution is 2.49.